The minimum absolute atomic E-state index is 0.362. The molecule has 18 heavy (non-hydrogen) atoms. The second-order valence-electron chi connectivity index (χ2n) is 5.31. The zero-order valence-corrected chi connectivity index (χ0v) is 13.0. The van der Waals surface area contributed by atoms with E-state index >= 15 is 0 Å². The first-order valence-corrected chi connectivity index (χ1v) is 7.97. The predicted octanol–water partition coefficient (Wildman–Crippen LogP) is 4.63. The molecule has 0 N–H and O–H groups in total. The van der Waals surface area contributed by atoms with Gasteiger partial charge in [-0.3, -0.25) is 4.79 Å². The number of hydrogen-bond donors (Lipinski definition) is 0. The third kappa shape index (κ3) is 7.73. The Kier molecular flexibility index (Phi) is 11.2. The number of unbranched alkanes of at least 4 members (excludes halogenated alkanes) is 3. The van der Waals surface area contributed by atoms with E-state index in [2.05, 4.69) is 32.6 Å². The topological polar surface area (TPSA) is 20.3 Å². The van der Waals surface area contributed by atoms with Crippen LogP contribution in [-0.4, -0.2) is 23.9 Å². The molecule has 1 unspecified atom stereocenters. The molecule has 0 heterocycles. The number of rotatable bonds is 11. The summed E-state index contributed by atoms with van der Waals surface area (Å²) in [6, 6.07) is 0. The molecular formula is C16H33NO. The summed E-state index contributed by atoms with van der Waals surface area (Å²) in [6.45, 7) is 10.6. The van der Waals surface area contributed by atoms with Crippen LogP contribution in [0.25, 0.3) is 0 Å². The Morgan fingerprint density at radius 3 is 2.17 bits per heavy atom. The second-order valence-corrected chi connectivity index (χ2v) is 5.31. The van der Waals surface area contributed by atoms with E-state index in [-0.39, 0.29) is 0 Å². The molecule has 0 aromatic carbocycles. The molecular weight excluding hydrogens is 222 g/mol. The van der Waals surface area contributed by atoms with Crippen LogP contribution in [0.3, 0.4) is 0 Å². The first-order valence-electron chi connectivity index (χ1n) is 7.97. The monoisotopic (exact) mass is 255 g/mol. The molecule has 0 aromatic heterocycles. The molecule has 0 aliphatic heterocycles. The van der Waals surface area contributed by atoms with E-state index in [9.17, 15) is 4.79 Å². The zero-order valence-electron chi connectivity index (χ0n) is 13.0. The fourth-order valence-corrected chi connectivity index (χ4v) is 2.32. The molecule has 1 atom stereocenters. The highest BCUT2D eigenvalue weighted by atomic mass is 16.2. The van der Waals surface area contributed by atoms with Gasteiger partial charge in [0.1, 0.15) is 0 Å². The molecule has 0 fully saturated rings. The molecule has 1 amide bonds. The average molecular weight is 255 g/mol. The van der Waals surface area contributed by atoms with Gasteiger partial charge in [-0.1, -0.05) is 52.9 Å². The van der Waals surface area contributed by atoms with Crippen LogP contribution in [0.2, 0.25) is 0 Å². The normalized spacial score (nSPS) is 12.4. The smallest absolute Gasteiger partial charge is 0.222 e. The van der Waals surface area contributed by atoms with Gasteiger partial charge in [0.25, 0.3) is 0 Å². The van der Waals surface area contributed by atoms with Crippen molar-refractivity contribution in [2.45, 2.75) is 79.1 Å². The third-order valence-corrected chi connectivity index (χ3v) is 3.75. The van der Waals surface area contributed by atoms with Gasteiger partial charge in [-0.25, -0.2) is 0 Å². The fourth-order valence-electron chi connectivity index (χ4n) is 2.32. The molecule has 2 heteroatoms. The predicted molar refractivity (Wildman–Crippen MR) is 79.7 cm³/mol. The molecule has 0 rings (SSSR count). The molecule has 0 bridgehead atoms. The second kappa shape index (κ2) is 11.6. The van der Waals surface area contributed by atoms with Gasteiger partial charge in [0, 0.05) is 19.5 Å². The van der Waals surface area contributed by atoms with Crippen molar-refractivity contribution in [2.24, 2.45) is 5.92 Å². The Labute approximate surface area is 114 Å². The van der Waals surface area contributed by atoms with Crippen molar-refractivity contribution in [3.63, 3.8) is 0 Å². The Morgan fingerprint density at radius 1 is 1.00 bits per heavy atom. The lowest BCUT2D eigenvalue weighted by Crippen LogP contribution is -2.35. The van der Waals surface area contributed by atoms with Crippen LogP contribution >= 0.6 is 0 Å². The molecule has 0 aromatic rings. The molecule has 0 radical (unpaired) electrons. The van der Waals surface area contributed by atoms with Gasteiger partial charge in [0.05, 0.1) is 0 Å². The van der Waals surface area contributed by atoms with Crippen molar-refractivity contribution in [1.29, 1.82) is 0 Å². The van der Waals surface area contributed by atoms with Gasteiger partial charge in [-0.2, -0.15) is 0 Å². The number of hydrogen-bond acceptors (Lipinski definition) is 1. The quantitative estimate of drug-likeness (QED) is 0.493. The van der Waals surface area contributed by atoms with E-state index in [4.69, 9.17) is 0 Å². The highest BCUT2D eigenvalue weighted by Crippen LogP contribution is 2.15. The Balaban J connectivity index is 4.08. The summed E-state index contributed by atoms with van der Waals surface area (Å²) in [6.07, 6.45) is 9.17. The van der Waals surface area contributed by atoms with Gasteiger partial charge in [-0.05, 0) is 25.7 Å². The van der Waals surface area contributed by atoms with E-state index < -0.39 is 0 Å². The Morgan fingerprint density at radius 2 is 1.67 bits per heavy atom. The first kappa shape index (κ1) is 17.5. The van der Waals surface area contributed by atoms with Gasteiger partial charge >= 0.3 is 0 Å². The van der Waals surface area contributed by atoms with Crippen LogP contribution in [0.15, 0.2) is 0 Å². The lowest BCUT2D eigenvalue weighted by atomic mass is 9.98. The minimum atomic E-state index is 0.362. The number of carbonyl (C=O) groups is 1. The van der Waals surface area contributed by atoms with E-state index in [0.29, 0.717) is 11.8 Å². The minimum Gasteiger partial charge on any atom is -0.343 e. The summed E-state index contributed by atoms with van der Waals surface area (Å²) < 4.78 is 0. The maximum absolute atomic E-state index is 12.1. The Bertz CT molecular complexity index is 203. The fraction of sp³-hybridized carbons (Fsp3) is 0.938. The van der Waals surface area contributed by atoms with Crippen LogP contribution in [0, 0.1) is 5.92 Å². The van der Waals surface area contributed by atoms with Crippen LogP contribution in [0.5, 0.6) is 0 Å². The lowest BCUT2D eigenvalue weighted by molar-refractivity contribution is -0.131. The standard InChI is InChI=1S/C16H33NO/c1-5-9-11-13-16(18)17(8-4)14-15(7-3)12-10-6-2/h15H,5-14H2,1-4H3. The third-order valence-electron chi connectivity index (χ3n) is 3.75. The summed E-state index contributed by atoms with van der Waals surface area (Å²) in [5, 5.41) is 0. The summed E-state index contributed by atoms with van der Waals surface area (Å²) >= 11 is 0. The maximum Gasteiger partial charge on any atom is 0.222 e. The van der Waals surface area contributed by atoms with Gasteiger partial charge in [0.2, 0.25) is 5.91 Å². The molecule has 2 nitrogen and oxygen atoms in total. The van der Waals surface area contributed by atoms with Crippen molar-refractivity contribution >= 4 is 5.91 Å². The van der Waals surface area contributed by atoms with Crippen LogP contribution in [-0.2, 0) is 4.79 Å². The van der Waals surface area contributed by atoms with Crippen molar-refractivity contribution in [3.8, 4) is 0 Å². The van der Waals surface area contributed by atoms with Crippen LogP contribution in [0.4, 0.5) is 0 Å². The summed E-state index contributed by atoms with van der Waals surface area (Å²) in [7, 11) is 0. The summed E-state index contributed by atoms with van der Waals surface area (Å²) in [5.41, 5.74) is 0. The molecule has 0 saturated heterocycles. The van der Waals surface area contributed by atoms with Crippen LogP contribution in [0.1, 0.15) is 79.1 Å². The van der Waals surface area contributed by atoms with E-state index in [1.165, 1.54) is 38.5 Å². The SMILES string of the molecule is CCCCCC(=O)N(CC)CC(CC)CCCC. The molecule has 0 aliphatic rings. The van der Waals surface area contributed by atoms with Crippen LogP contribution < -0.4 is 0 Å². The number of nitrogens with zero attached hydrogens (tertiary/aromatic N) is 1. The molecule has 0 saturated carbocycles. The maximum atomic E-state index is 12.1. The molecule has 0 spiro atoms. The summed E-state index contributed by atoms with van der Waals surface area (Å²) in [4.78, 5) is 14.2. The van der Waals surface area contributed by atoms with Gasteiger partial charge < -0.3 is 4.90 Å². The van der Waals surface area contributed by atoms with E-state index in [1.807, 2.05) is 0 Å². The zero-order chi connectivity index (χ0) is 13.8. The first-order chi connectivity index (χ1) is 8.69. The van der Waals surface area contributed by atoms with Crippen molar-refractivity contribution in [2.75, 3.05) is 13.1 Å². The number of carbonyl (C=O) groups excluding carboxylic acids is 1. The van der Waals surface area contributed by atoms with E-state index in [1.54, 1.807) is 0 Å². The molecule has 0 aliphatic carbocycles. The van der Waals surface area contributed by atoms with Crippen molar-refractivity contribution < 1.29 is 4.79 Å². The largest absolute Gasteiger partial charge is 0.343 e. The van der Waals surface area contributed by atoms with Crippen molar-refractivity contribution in [3.05, 3.63) is 0 Å². The highest BCUT2D eigenvalue weighted by Gasteiger charge is 2.15. The van der Waals surface area contributed by atoms with Gasteiger partial charge in [-0.15, -0.1) is 0 Å². The van der Waals surface area contributed by atoms with Crippen molar-refractivity contribution in [1.82, 2.24) is 4.90 Å². The Hall–Kier alpha value is -0.530. The van der Waals surface area contributed by atoms with E-state index in [0.717, 1.165) is 25.9 Å². The average Bonchev–Trinajstić information content (AvgIpc) is 2.39. The molecule has 108 valence electrons. The number of amides is 1. The highest BCUT2D eigenvalue weighted by molar-refractivity contribution is 5.76. The lowest BCUT2D eigenvalue weighted by Gasteiger charge is -2.26. The van der Waals surface area contributed by atoms with Gasteiger partial charge in [0.15, 0.2) is 0 Å². The summed E-state index contributed by atoms with van der Waals surface area (Å²) in [5.74, 6) is 1.06.